The fraction of sp³-hybridized carbons (Fsp3) is 0.417. The fourth-order valence-corrected chi connectivity index (χ4v) is 1.64. The number of carbonyl (C=O) groups is 1. The smallest absolute Gasteiger partial charge is 0.223 e. The Hall–Kier alpha value is -1.13. The molecule has 1 saturated carbocycles. The van der Waals surface area contributed by atoms with Gasteiger partial charge in [0.15, 0.2) is 0 Å². The van der Waals surface area contributed by atoms with E-state index in [-0.39, 0.29) is 23.4 Å². The van der Waals surface area contributed by atoms with E-state index in [1.54, 1.807) is 6.07 Å². The first-order valence-electron chi connectivity index (χ1n) is 5.48. The number of hydrogen-bond acceptors (Lipinski definition) is 2. The first-order chi connectivity index (χ1) is 8.08. The number of rotatable bonds is 4. The number of nitrogens with one attached hydrogen (secondary N) is 1. The number of aliphatic hydroxyl groups excluding tert-OH is 1. The molecule has 2 N–H and O–H groups in total. The third kappa shape index (κ3) is 3.17. The number of carbonyl (C=O) groups excluding carboxylic acids is 1. The van der Waals surface area contributed by atoms with E-state index in [1.165, 1.54) is 12.1 Å². The highest BCUT2D eigenvalue weighted by molar-refractivity contribution is 6.30. The molecule has 0 aromatic heterocycles. The zero-order valence-corrected chi connectivity index (χ0v) is 9.88. The number of amides is 1. The molecule has 1 aliphatic rings. The minimum atomic E-state index is -0.913. The molecular formula is C12H13ClFNO2. The predicted octanol–water partition coefficient (Wildman–Crippen LogP) is 2.04. The van der Waals surface area contributed by atoms with Gasteiger partial charge in [0.2, 0.25) is 5.91 Å². The molecule has 92 valence electrons. The molecule has 1 aromatic carbocycles. The van der Waals surface area contributed by atoms with Gasteiger partial charge in [0, 0.05) is 12.5 Å². The summed E-state index contributed by atoms with van der Waals surface area (Å²) < 4.78 is 13.1. The van der Waals surface area contributed by atoms with Gasteiger partial charge in [-0.05, 0) is 30.5 Å². The van der Waals surface area contributed by atoms with Crippen LogP contribution >= 0.6 is 11.6 Å². The molecule has 2 rings (SSSR count). The summed E-state index contributed by atoms with van der Waals surface area (Å²) in [7, 11) is 0. The molecule has 17 heavy (non-hydrogen) atoms. The number of benzene rings is 1. The Morgan fingerprint density at radius 3 is 2.88 bits per heavy atom. The highest BCUT2D eigenvalue weighted by Gasteiger charge is 2.29. The van der Waals surface area contributed by atoms with Crippen molar-refractivity contribution in [1.82, 2.24) is 5.32 Å². The average molecular weight is 258 g/mol. The Labute approximate surface area is 104 Å². The van der Waals surface area contributed by atoms with Crippen LogP contribution in [-0.4, -0.2) is 17.6 Å². The molecule has 1 atom stereocenters. The minimum Gasteiger partial charge on any atom is -0.387 e. The lowest BCUT2D eigenvalue weighted by Gasteiger charge is -2.12. The molecule has 3 nitrogen and oxygen atoms in total. The Bertz CT molecular complexity index is 435. The maximum atomic E-state index is 13.1. The molecule has 0 saturated heterocycles. The Kier molecular flexibility index (Phi) is 3.64. The SMILES string of the molecule is O=C(NCC(O)c1ccc(Cl)c(F)c1)C1CC1. The third-order valence-corrected chi connectivity index (χ3v) is 3.05. The zero-order valence-electron chi connectivity index (χ0n) is 9.12. The van der Waals surface area contributed by atoms with E-state index in [2.05, 4.69) is 5.32 Å². The average Bonchev–Trinajstić information content (AvgIpc) is 3.13. The van der Waals surface area contributed by atoms with Gasteiger partial charge >= 0.3 is 0 Å². The van der Waals surface area contributed by atoms with Crippen molar-refractivity contribution < 1.29 is 14.3 Å². The summed E-state index contributed by atoms with van der Waals surface area (Å²) in [5.74, 6) is -0.514. The molecule has 1 aliphatic carbocycles. The second-order valence-electron chi connectivity index (χ2n) is 4.21. The Morgan fingerprint density at radius 1 is 1.59 bits per heavy atom. The van der Waals surface area contributed by atoms with E-state index < -0.39 is 11.9 Å². The molecule has 0 bridgehead atoms. The molecule has 1 amide bonds. The zero-order chi connectivity index (χ0) is 12.4. The van der Waals surface area contributed by atoms with E-state index in [0.717, 1.165) is 12.8 Å². The van der Waals surface area contributed by atoms with Crippen molar-refractivity contribution in [2.75, 3.05) is 6.54 Å². The topological polar surface area (TPSA) is 49.3 Å². The van der Waals surface area contributed by atoms with Crippen LogP contribution in [0.2, 0.25) is 5.02 Å². The van der Waals surface area contributed by atoms with Gasteiger partial charge in [-0.2, -0.15) is 0 Å². The van der Waals surface area contributed by atoms with Gasteiger partial charge in [0.1, 0.15) is 5.82 Å². The van der Waals surface area contributed by atoms with Gasteiger partial charge in [0.05, 0.1) is 11.1 Å². The predicted molar refractivity (Wildman–Crippen MR) is 62.1 cm³/mol. The summed E-state index contributed by atoms with van der Waals surface area (Å²) in [6.07, 6.45) is 0.916. The lowest BCUT2D eigenvalue weighted by Crippen LogP contribution is -2.29. The number of hydrogen-bond donors (Lipinski definition) is 2. The first-order valence-corrected chi connectivity index (χ1v) is 5.86. The van der Waals surface area contributed by atoms with Crippen LogP contribution in [0.15, 0.2) is 18.2 Å². The van der Waals surface area contributed by atoms with E-state index in [9.17, 15) is 14.3 Å². The van der Waals surface area contributed by atoms with Crippen molar-refractivity contribution in [3.8, 4) is 0 Å². The van der Waals surface area contributed by atoms with Gasteiger partial charge in [0.25, 0.3) is 0 Å². The monoisotopic (exact) mass is 257 g/mol. The minimum absolute atomic E-state index is 0.0166. The summed E-state index contributed by atoms with van der Waals surface area (Å²) in [5, 5.41) is 12.4. The van der Waals surface area contributed by atoms with Gasteiger partial charge in [-0.3, -0.25) is 4.79 Å². The van der Waals surface area contributed by atoms with Crippen LogP contribution in [0.3, 0.4) is 0 Å². The summed E-state index contributed by atoms with van der Waals surface area (Å²) in [4.78, 5) is 11.3. The molecule has 0 spiro atoms. The normalized spacial score (nSPS) is 16.6. The standard InChI is InChI=1S/C12H13ClFNO2/c13-9-4-3-8(5-10(9)14)11(16)6-15-12(17)7-1-2-7/h3-5,7,11,16H,1-2,6H2,(H,15,17). The molecule has 1 unspecified atom stereocenters. The molecule has 0 aliphatic heterocycles. The summed E-state index contributed by atoms with van der Waals surface area (Å²) in [5.41, 5.74) is 0.406. The van der Waals surface area contributed by atoms with E-state index in [4.69, 9.17) is 11.6 Å². The summed E-state index contributed by atoms with van der Waals surface area (Å²) in [6.45, 7) is 0.0937. The molecule has 1 fully saturated rings. The second-order valence-corrected chi connectivity index (χ2v) is 4.62. The third-order valence-electron chi connectivity index (χ3n) is 2.75. The van der Waals surface area contributed by atoms with Crippen LogP contribution in [0, 0.1) is 11.7 Å². The molecule has 5 heteroatoms. The Morgan fingerprint density at radius 2 is 2.29 bits per heavy atom. The summed E-state index contributed by atoms with van der Waals surface area (Å²) >= 11 is 5.54. The molecule has 1 aromatic rings. The maximum absolute atomic E-state index is 13.1. The van der Waals surface area contributed by atoms with Crippen molar-refractivity contribution >= 4 is 17.5 Å². The van der Waals surface area contributed by atoms with Crippen LogP contribution in [0.4, 0.5) is 4.39 Å². The van der Waals surface area contributed by atoms with Crippen molar-refractivity contribution in [2.24, 2.45) is 5.92 Å². The second kappa shape index (κ2) is 5.02. The van der Waals surface area contributed by atoms with Crippen LogP contribution in [0.1, 0.15) is 24.5 Å². The van der Waals surface area contributed by atoms with Crippen LogP contribution < -0.4 is 5.32 Å². The molecular weight excluding hydrogens is 245 g/mol. The Balaban J connectivity index is 1.91. The lowest BCUT2D eigenvalue weighted by molar-refractivity contribution is -0.122. The van der Waals surface area contributed by atoms with Gasteiger partial charge in [-0.15, -0.1) is 0 Å². The van der Waals surface area contributed by atoms with E-state index in [0.29, 0.717) is 5.56 Å². The molecule has 0 radical (unpaired) electrons. The highest BCUT2D eigenvalue weighted by atomic mass is 35.5. The fourth-order valence-electron chi connectivity index (χ4n) is 1.52. The van der Waals surface area contributed by atoms with Crippen molar-refractivity contribution in [1.29, 1.82) is 0 Å². The van der Waals surface area contributed by atoms with E-state index >= 15 is 0 Å². The van der Waals surface area contributed by atoms with Crippen LogP contribution in [-0.2, 0) is 4.79 Å². The summed E-state index contributed by atoms with van der Waals surface area (Å²) in [6, 6.07) is 4.10. The maximum Gasteiger partial charge on any atom is 0.223 e. The van der Waals surface area contributed by atoms with Gasteiger partial charge in [-0.1, -0.05) is 17.7 Å². The number of halogens is 2. The van der Waals surface area contributed by atoms with Gasteiger partial charge < -0.3 is 10.4 Å². The first kappa shape index (κ1) is 12.3. The van der Waals surface area contributed by atoms with E-state index in [1.807, 2.05) is 0 Å². The molecule has 0 heterocycles. The largest absolute Gasteiger partial charge is 0.387 e. The quantitative estimate of drug-likeness (QED) is 0.867. The van der Waals surface area contributed by atoms with Crippen LogP contribution in [0.25, 0.3) is 0 Å². The number of aliphatic hydroxyl groups is 1. The lowest BCUT2D eigenvalue weighted by atomic mass is 10.1. The van der Waals surface area contributed by atoms with Crippen molar-refractivity contribution in [2.45, 2.75) is 18.9 Å². The highest BCUT2D eigenvalue weighted by Crippen LogP contribution is 2.29. The van der Waals surface area contributed by atoms with Crippen molar-refractivity contribution in [3.63, 3.8) is 0 Å². The van der Waals surface area contributed by atoms with Crippen LogP contribution in [0.5, 0.6) is 0 Å². The van der Waals surface area contributed by atoms with Crippen molar-refractivity contribution in [3.05, 3.63) is 34.6 Å². The van der Waals surface area contributed by atoms with Gasteiger partial charge in [-0.25, -0.2) is 4.39 Å².